The Morgan fingerprint density at radius 3 is 2.67 bits per heavy atom. The van der Waals surface area contributed by atoms with E-state index in [1.54, 1.807) is 6.92 Å². The van der Waals surface area contributed by atoms with Crippen molar-refractivity contribution in [2.45, 2.75) is 38.5 Å². The van der Waals surface area contributed by atoms with Gasteiger partial charge in [0.25, 0.3) is 0 Å². The van der Waals surface area contributed by atoms with E-state index in [2.05, 4.69) is 4.72 Å². The van der Waals surface area contributed by atoms with Gasteiger partial charge in [-0.3, -0.25) is 0 Å². The number of nitrogens with one attached hydrogen (secondary N) is 1. The monoisotopic (exact) mass is 289 g/mol. The molecule has 1 rings (SSSR count). The molecule has 0 amide bonds. The van der Waals surface area contributed by atoms with Gasteiger partial charge in [0.15, 0.2) is 6.04 Å². The van der Waals surface area contributed by atoms with Crippen LogP contribution in [0.15, 0.2) is 17.5 Å². The normalized spacial score (nSPS) is 15.1. The van der Waals surface area contributed by atoms with Gasteiger partial charge in [-0.1, -0.05) is 6.07 Å². The van der Waals surface area contributed by atoms with Gasteiger partial charge in [-0.25, -0.2) is 13.7 Å². The van der Waals surface area contributed by atoms with Crippen molar-refractivity contribution in [1.29, 1.82) is 0 Å². The summed E-state index contributed by atoms with van der Waals surface area (Å²) in [6, 6.07) is 3.03. The predicted octanol–water partition coefficient (Wildman–Crippen LogP) is 2.40. The summed E-state index contributed by atoms with van der Waals surface area (Å²) in [7, 11) is -1.32. The first-order valence-corrected chi connectivity index (χ1v) is 7.77. The first-order valence-electron chi connectivity index (χ1n) is 5.74. The molecule has 0 radical (unpaired) electrons. The van der Waals surface area contributed by atoms with Crippen molar-refractivity contribution in [1.82, 2.24) is 4.72 Å². The number of rotatable bonds is 5. The van der Waals surface area contributed by atoms with Crippen LogP contribution in [0.25, 0.3) is 0 Å². The Morgan fingerprint density at radius 2 is 2.22 bits per heavy atom. The van der Waals surface area contributed by atoms with Gasteiger partial charge in [-0.15, -0.1) is 11.3 Å². The van der Waals surface area contributed by atoms with Gasteiger partial charge in [0.1, 0.15) is 0 Å². The molecule has 1 unspecified atom stereocenters. The lowest BCUT2D eigenvalue weighted by atomic mass is 10.2. The van der Waals surface area contributed by atoms with Gasteiger partial charge in [0.2, 0.25) is 0 Å². The lowest BCUT2D eigenvalue weighted by Gasteiger charge is -2.22. The molecule has 102 valence electrons. The molecule has 0 fully saturated rings. The van der Waals surface area contributed by atoms with Crippen molar-refractivity contribution in [2.24, 2.45) is 0 Å². The molecule has 1 aromatic rings. The van der Waals surface area contributed by atoms with E-state index >= 15 is 0 Å². The average molecular weight is 289 g/mol. The highest BCUT2D eigenvalue weighted by atomic mass is 32.2. The highest BCUT2D eigenvalue weighted by Gasteiger charge is 2.29. The molecule has 18 heavy (non-hydrogen) atoms. The van der Waals surface area contributed by atoms with Crippen LogP contribution >= 0.6 is 11.3 Å². The summed E-state index contributed by atoms with van der Waals surface area (Å²) in [4.78, 5) is 12.7. The number of hydrogen-bond donors (Lipinski definition) is 1. The summed E-state index contributed by atoms with van der Waals surface area (Å²) in [6.45, 7) is 7.63. The maximum atomic E-state index is 12.1. The van der Waals surface area contributed by atoms with Crippen LogP contribution in [0.5, 0.6) is 0 Å². The molecule has 0 aliphatic rings. The molecule has 2 atom stereocenters. The molecule has 6 heteroatoms. The third-order valence-corrected chi connectivity index (χ3v) is 4.63. The van der Waals surface area contributed by atoms with E-state index in [1.165, 1.54) is 11.3 Å². The van der Waals surface area contributed by atoms with Gasteiger partial charge in [0, 0.05) is 4.88 Å². The molecule has 0 saturated heterocycles. The fraction of sp³-hybridized carbons (Fsp3) is 0.583. The minimum atomic E-state index is -1.32. The Hall–Kier alpha value is -0.720. The van der Waals surface area contributed by atoms with Crippen molar-refractivity contribution >= 4 is 28.3 Å². The standard InChI is InChI=1S/C12H19NO3S2/c1-5-16-11(14)10(9-7-6-8-17-9)13-18(15)12(2,3)4/h6-8,10,13H,5H2,1-4H3/t10?,18-/m0/s1. The molecular weight excluding hydrogens is 270 g/mol. The van der Waals surface area contributed by atoms with Gasteiger partial charge < -0.3 is 4.74 Å². The zero-order chi connectivity index (χ0) is 13.8. The van der Waals surface area contributed by atoms with Gasteiger partial charge in [-0.2, -0.15) is 0 Å². The minimum absolute atomic E-state index is 0.310. The van der Waals surface area contributed by atoms with E-state index in [0.717, 1.165) is 4.88 Å². The third kappa shape index (κ3) is 4.19. The zero-order valence-electron chi connectivity index (χ0n) is 11.1. The topological polar surface area (TPSA) is 55.4 Å². The summed E-state index contributed by atoms with van der Waals surface area (Å²) >= 11 is 1.44. The van der Waals surface area contributed by atoms with E-state index in [9.17, 15) is 9.00 Å². The van der Waals surface area contributed by atoms with Crippen molar-refractivity contribution in [3.63, 3.8) is 0 Å². The van der Waals surface area contributed by atoms with Crippen LogP contribution in [-0.4, -0.2) is 21.5 Å². The summed E-state index contributed by atoms with van der Waals surface area (Å²) in [6.07, 6.45) is 0. The fourth-order valence-electron chi connectivity index (χ4n) is 1.19. The van der Waals surface area contributed by atoms with Crippen molar-refractivity contribution in [3.8, 4) is 0 Å². The molecule has 0 saturated carbocycles. The molecule has 0 bridgehead atoms. The third-order valence-electron chi connectivity index (χ3n) is 2.13. The quantitative estimate of drug-likeness (QED) is 0.847. The predicted molar refractivity (Wildman–Crippen MR) is 74.7 cm³/mol. The molecule has 0 aliphatic heterocycles. The molecule has 4 nitrogen and oxygen atoms in total. The van der Waals surface area contributed by atoms with Crippen molar-refractivity contribution in [3.05, 3.63) is 22.4 Å². The summed E-state index contributed by atoms with van der Waals surface area (Å²) in [5.41, 5.74) is 0. The van der Waals surface area contributed by atoms with E-state index in [1.807, 2.05) is 38.3 Å². The number of esters is 1. The van der Waals surface area contributed by atoms with Crippen LogP contribution in [0.1, 0.15) is 38.6 Å². The molecule has 1 N–H and O–H groups in total. The Morgan fingerprint density at radius 1 is 1.56 bits per heavy atom. The summed E-state index contributed by atoms with van der Waals surface area (Å²) in [5, 5.41) is 1.88. The number of carbonyl (C=O) groups excluding carboxylic acids is 1. The van der Waals surface area contributed by atoms with E-state index in [0.29, 0.717) is 6.61 Å². The van der Waals surface area contributed by atoms with E-state index in [-0.39, 0.29) is 0 Å². The molecule has 0 spiro atoms. The van der Waals surface area contributed by atoms with Crippen LogP contribution in [0.2, 0.25) is 0 Å². The zero-order valence-corrected chi connectivity index (χ0v) is 12.7. The lowest BCUT2D eigenvalue weighted by molar-refractivity contribution is -0.145. The van der Waals surface area contributed by atoms with Gasteiger partial charge in [0.05, 0.1) is 22.3 Å². The molecule has 0 aliphatic carbocycles. The summed E-state index contributed by atoms with van der Waals surface area (Å²) < 4.78 is 19.5. The molecule has 0 aromatic carbocycles. The Bertz CT molecular complexity index is 409. The van der Waals surface area contributed by atoms with Crippen molar-refractivity contribution in [2.75, 3.05) is 6.61 Å². The molecular formula is C12H19NO3S2. The largest absolute Gasteiger partial charge is 0.465 e. The second kappa shape index (κ2) is 6.45. The van der Waals surface area contributed by atoms with Crippen LogP contribution in [0.3, 0.4) is 0 Å². The van der Waals surface area contributed by atoms with Crippen LogP contribution in [0, 0.1) is 0 Å². The van der Waals surface area contributed by atoms with E-state index < -0.39 is 27.7 Å². The number of hydrogen-bond acceptors (Lipinski definition) is 4. The first-order chi connectivity index (χ1) is 8.36. The van der Waals surface area contributed by atoms with Crippen LogP contribution in [0.4, 0.5) is 0 Å². The second-order valence-electron chi connectivity index (χ2n) is 4.70. The Kier molecular flexibility index (Phi) is 5.49. The van der Waals surface area contributed by atoms with Gasteiger partial charge >= 0.3 is 5.97 Å². The smallest absolute Gasteiger partial charge is 0.329 e. The highest BCUT2D eigenvalue weighted by molar-refractivity contribution is 7.84. The number of carbonyl (C=O) groups is 1. The average Bonchev–Trinajstić information content (AvgIpc) is 2.77. The molecule has 1 heterocycles. The fourth-order valence-corrected chi connectivity index (χ4v) is 2.82. The van der Waals surface area contributed by atoms with Crippen LogP contribution < -0.4 is 4.72 Å². The summed E-state index contributed by atoms with van der Waals surface area (Å²) in [5.74, 6) is -0.391. The maximum Gasteiger partial charge on any atom is 0.329 e. The number of thiophene rings is 1. The Balaban J connectivity index is 2.86. The SMILES string of the molecule is CCOC(=O)C(N[S@@](=O)C(C)(C)C)c1cccs1. The minimum Gasteiger partial charge on any atom is -0.465 e. The van der Waals surface area contributed by atoms with Crippen LogP contribution in [-0.2, 0) is 20.5 Å². The molecule has 1 aromatic heterocycles. The maximum absolute atomic E-state index is 12.1. The first kappa shape index (κ1) is 15.3. The van der Waals surface area contributed by atoms with E-state index in [4.69, 9.17) is 4.74 Å². The highest BCUT2D eigenvalue weighted by Crippen LogP contribution is 2.22. The second-order valence-corrected chi connectivity index (χ2v) is 7.68. The Labute approximate surface area is 114 Å². The van der Waals surface area contributed by atoms with Gasteiger partial charge in [-0.05, 0) is 39.1 Å². The van der Waals surface area contributed by atoms with Crippen molar-refractivity contribution < 1.29 is 13.7 Å². The lowest BCUT2D eigenvalue weighted by Crippen LogP contribution is -2.39. The number of ether oxygens (including phenoxy) is 1.